The van der Waals surface area contributed by atoms with Gasteiger partial charge in [0.05, 0.1) is 26.0 Å². The third-order valence-corrected chi connectivity index (χ3v) is 2.83. The maximum atomic E-state index is 5.66. The molecule has 2 rings (SSSR count). The fourth-order valence-corrected chi connectivity index (χ4v) is 1.86. The topological polar surface area (TPSA) is 46.6 Å². The molecule has 1 aromatic heterocycles. The Kier molecular flexibility index (Phi) is 4.17. The number of rotatable bonds is 4. The van der Waals surface area contributed by atoms with Crippen LogP contribution in [0.5, 0.6) is 5.75 Å². The summed E-state index contributed by atoms with van der Waals surface area (Å²) in [7, 11) is 3.66. The number of nitrogens with one attached hydrogen (secondary N) is 1. The highest BCUT2D eigenvalue weighted by Gasteiger charge is 2.16. The molecule has 1 atom stereocenters. The van der Waals surface area contributed by atoms with Gasteiger partial charge in [-0.3, -0.25) is 0 Å². The zero-order valence-corrected chi connectivity index (χ0v) is 10.3. The molecule has 94 valence electrons. The summed E-state index contributed by atoms with van der Waals surface area (Å²) in [5.41, 5.74) is 0. The maximum absolute atomic E-state index is 5.66. The standard InChI is InChI=1S/C12H19N3O2/c1-15(9-11-7-13-5-6-17-11)12-4-3-10(16-2)8-14-12/h3-4,8,11,13H,5-7,9H2,1-2H3. The molecule has 0 amide bonds. The van der Waals surface area contributed by atoms with E-state index in [2.05, 4.69) is 15.2 Å². The van der Waals surface area contributed by atoms with Crippen LogP contribution in [0.3, 0.4) is 0 Å². The predicted molar refractivity (Wildman–Crippen MR) is 66.7 cm³/mol. The summed E-state index contributed by atoms with van der Waals surface area (Å²) in [4.78, 5) is 6.43. The van der Waals surface area contributed by atoms with E-state index in [9.17, 15) is 0 Å². The number of hydrogen-bond acceptors (Lipinski definition) is 5. The lowest BCUT2D eigenvalue weighted by Crippen LogP contribution is -2.44. The molecule has 1 aromatic rings. The fourth-order valence-electron chi connectivity index (χ4n) is 1.86. The zero-order chi connectivity index (χ0) is 12.1. The Labute approximate surface area is 102 Å². The summed E-state index contributed by atoms with van der Waals surface area (Å²) in [6.45, 7) is 3.47. The molecule has 0 spiro atoms. The molecule has 17 heavy (non-hydrogen) atoms. The predicted octanol–water partition coefficient (Wildman–Crippen LogP) is 0.515. The van der Waals surface area contributed by atoms with Crippen molar-refractivity contribution in [1.29, 1.82) is 0 Å². The third-order valence-electron chi connectivity index (χ3n) is 2.83. The lowest BCUT2D eigenvalue weighted by Gasteiger charge is -2.28. The fraction of sp³-hybridized carbons (Fsp3) is 0.583. The normalized spacial score (nSPS) is 20.0. The molecule has 0 saturated carbocycles. The SMILES string of the molecule is COc1ccc(N(C)CC2CNCCO2)nc1. The molecule has 0 radical (unpaired) electrons. The van der Waals surface area contributed by atoms with Crippen LogP contribution in [0.2, 0.25) is 0 Å². The molecule has 0 aromatic carbocycles. The summed E-state index contributed by atoms with van der Waals surface area (Å²) < 4.78 is 10.7. The van der Waals surface area contributed by atoms with Gasteiger partial charge in [0, 0.05) is 26.7 Å². The molecule has 1 aliphatic rings. The molecule has 1 unspecified atom stereocenters. The maximum Gasteiger partial charge on any atom is 0.137 e. The monoisotopic (exact) mass is 237 g/mol. The number of anilines is 1. The Morgan fingerprint density at radius 2 is 2.47 bits per heavy atom. The molecule has 1 N–H and O–H groups in total. The number of hydrogen-bond donors (Lipinski definition) is 1. The van der Waals surface area contributed by atoms with Crippen molar-refractivity contribution in [2.45, 2.75) is 6.10 Å². The molecule has 1 aliphatic heterocycles. The molecule has 2 heterocycles. The first-order chi connectivity index (χ1) is 8.29. The van der Waals surface area contributed by atoms with Gasteiger partial charge in [0.1, 0.15) is 11.6 Å². The van der Waals surface area contributed by atoms with E-state index in [0.717, 1.165) is 37.8 Å². The van der Waals surface area contributed by atoms with Crippen LogP contribution in [-0.2, 0) is 4.74 Å². The molecular weight excluding hydrogens is 218 g/mol. The van der Waals surface area contributed by atoms with Gasteiger partial charge in [-0.15, -0.1) is 0 Å². The second-order valence-electron chi connectivity index (χ2n) is 4.13. The van der Waals surface area contributed by atoms with Gasteiger partial charge in [-0.2, -0.15) is 0 Å². The highest BCUT2D eigenvalue weighted by Crippen LogP contribution is 2.14. The molecule has 1 fully saturated rings. The minimum atomic E-state index is 0.234. The van der Waals surface area contributed by atoms with E-state index in [1.165, 1.54) is 0 Å². The van der Waals surface area contributed by atoms with E-state index in [-0.39, 0.29) is 6.10 Å². The zero-order valence-electron chi connectivity index (χ0n) is 10.3. The molecule has 1 saturated heterocycles. The number of morpholine rings is 1. The number of aromatic nitrogens is 1. The smallest absolute Gasteiger partial charge is 0.137 e. The van der Waals surface area contributed by atoms with Crippen LogP contribution in [0.1, 0.15) is 0 Å². The highest BCUT2D eigenvalue weighted by molar-refractivity contribution is 5.40. The highest BCUT2D eigenvalue weighted by atomic mass is 16.5. The Bertz CT molecular complexity index is 336. The van der Waals surface area contributed by atoms with Gasteiger partial charge in [-0.25, -0.2) is 4.98 Å². The molecule has 5 nitrogen and oxygen atoms in total. The van der Waals surface area contributed by atoms with Crippen molar-refractivity contribution in [3.05, 3.63) is 18.3 Å². The Morgan fingerprint density at radius 1 is 1.59 bits per heavy atom. The minimum absolute atomic E-state index is 0.234. The van der Waals surface area contributed by atoms with E-state index < -0.39 is 0 Å². The van der Waals surface area contributed by atoms with E-state index in [1.807, 2.05) is 19.2 Å². The summed E-state index contributed by atoms with van der Waals surface area (Å²) in [5.74, 6) is 1.71. The third kappa shape index (κ3) is 3.31. The van der Waals surface area contributed by atoms with Crippen LogP contribution in [0.4, 0.5) is 5.82 Å². The average molecular weight is 237 g/mol. The Hall–Kier alpha value is -1.33. The van der Waals surface area contributed by atoms with Gasteiger partial charge in [0.15, 0.2) is 0 Å². The Morgan fingerprint density at radius 3 is 3.06 bits per heavy atom. The summed E-state index contributed by atoms with van der Waals surface area (Å²) in [6.07, 6.45) is 1.96. The van der Waals surface area contributed by atoms with Gasteiger partial charge in [0.25, 0.3) is 0 Å². The number of methoxy groups -OCH3 is 1. The van der Waals surface area contributed by atoms with Crippen molar-refractivity contribution in [2.75, 3.05) is 45.3 Å². The number of nitrogens with zero attached hydrogens (tertiary/aromatic N) is 2. The van der Waals surface area contributed by atoms with Crippen LogP contribution >= 0.6 is 0 Å². The summed E-state index contributed by atoms with van der Waals surface area (Å²) in [5, 5.41) is 3.32. The summed E-state index contributed by atoms with van der Waals surface area (Å²) >= 11 is 0. The van der Waals surface area contributed by atoms with Crippen LogP contribution in [0.25, 0.3) is 0 Å². The minimum Gasteiger partial charge on any atom is -0.495 e. The molecular formula is C12H19N3O2. The first-order valence-electron chi connectivity index (χ1n) is 5.83. The second-order valence-corrected chi connectivity index (χ2v) is 4.13. The van der Waals surface area contributed by atoms with Gasteiger partial charge in [-0.05, 0) is 12.1 Å². The largest absolute Gasteiger partial charge is 0.495 e. The quantitative estimate of drug-likeness (QED) is 0.827. The van der Waals surface area contributed by atoms with E-state index in [4.69, 9.17) is 9.47 Å². The van der Waals surface area contributed by atoms with E-state index in [1.54, 1.807) is 13.3 Å². The van der Waals surface area contributed by atoms with Crippen molar-refractivity contribution in [1.82, 2.24) is 10.3 Å². The van der Waals surface area contributed by atoms with Crippen molar-refractivity contribution >= 4 is 5.82 Å². The van der Waals surface area contributed by atoms with Crippen molar-refractivity contribution in [3.8, 4) is 5.75 Å². The first kappa shape index (κ1) is 12.1. The van der Waals surface area contributed by atoms with Gasteiger partial charge in [-0.1, -0.05) is 0 Å². The lowest BCUT2D eigenvalue weighted by atomic mass is 10.3. The second kappa shape index (κ2) is 5.84. The number of ether oxygens (including phenoxy) is 2. The van der Waals surface area contributed by atoms with Crippen molar-refractivity contribution in [2.24, 2.45) is 0 Å². The van der Waals surface area contributed by atoms with Crippen LogP contribution in [0, 0.1) is 0 Å². The van der Waals surface area contributed by atoms with Crippen LogP contribution in [-0.4, -0.2) is 51.5 Å². The van der Waals surface area contributed by atoms with E-state index >= 15 is 0 Å². The van der Waals surface area contributed by atoms with Crippen LogP contribution in [0.15, 0.2) is 18.3 Å². The van der Waals surface area contributed by atoms with E-state index in [0.29, 0.717) is 0 Å². The Balaban J connectivity index is 1.91. The molecule has 5 heteroatoms. The first-order valence-corrected chi connectivity index (χ1v) is 5.83. The van der Waals surface area contributed by atoms with Crippen molar-refractivity contribution < 1.29 is 9.47 Å². The summed E-state index contributed by atoms with van der Waals surface area (Å²) in [6, 6.07) is 3.87. The average Bonchev–Trinajstić information content (AvgIpc) is 2.40. The molecule has 0 bridgehead atoms. The van der Waals surface area contributed by atoms with Gasteiger partial charge >= 0.3 is 0 Å². The van der Waals surface area contributed by atoms with Gasteiger partial charge < -0.3 is 19.7 Å². The number of likely N-dealkylation sites (N-methyl/N-ethyl adjacent to an activating group) is 1. The number of pyridine rings is 1. The van der Waals surface area contributed by atoms with Crippen molar-refractivity contribution in [3.63, 3.8) is 0 Å². The van der Waals surface area contributed by atoms with Gasteiger partial charge in [0.2, 0.25) is 0 Å². The molecule has 0 aliphatic carbocycles. The lowest BCUT2D eigenvalue weighted by molar-refractivity contribution is 0.0339. The van der Waals surface area contributed by atoms with Crippen LogP contribution < -0.4 is 15.0 Å².